The topological polar surface area (TPSA) is 35.9 Å². The Bertz CT molecular complexity index is 1050. The molecule has 0 aromatic heterocycles. The van der Waals surface area contributed by atoms with Crippen LogP contribution in [0.25, 0.3) is 0 Å². The quantitative estimate of drug-likeness (QED) is 0.237. The third-order valence-corrected chi connectivity index (χ3v) is 5.80. The van der Waals surface area contributed by atoms with Crippen LogP contribution in [0.4, 0.5) is 10.1 Å². The fourth-order valence-electron chi connectivity index (χ4n) is 3.77. The first kappa shape index (κ1) is 20.0. The van der Waals surface area contributed by atoms with Gasteiger partial charge in [-0.25, -0.2) is 4.39 Å². The van der Waals surface area contributed by atoms with Crippen molar-refractivity contribution in [3.63, 3.8) is 0 Å². The summed E-state index contributed by atoms with van der Waals surface area (Å²) in [6.07, 6.45) is 1.17. The molecule has 2 nitrogen and oxygen atoms in total. The highest BCUT2D eigenvalue weighted by Gasteiger charge is 2.36. The predicted molar refractivity (Wildman–Crippen MR) is 125 cm³/mol. The second kappa shape index (κ2) is 8.64. The van der Waals surface area contributed by atoms with Crippen molar-refractivity contribution >= 4 is 27.8 Å². The molecule has 0 atom stereocenters. The van der Waals surface area contributed by atoms with Crippen molar-refractivity contribution in [3.05, 3.63) is 136 Å². The fourth-order valence-corrected chi connectivity index (χ4v) is 4.12. The fraction of sp³-hybridized carbons (Fsp3) is 0.0385. The van der Waals surface area contributed by atoms with E-state index in [0.717, 1.165) is 16.7 Å². The third kappa shape index (κ3) is 3.66. The van der Waals surface area contributed by atoms with Crippen LogP contribution < -0.4 is 5.32 Å². The second-order valence-corrected chi connectivity index (χ2v) is 7.83. The molecule has 0 unspecified atom stereocenters. The minimum atomic E-state index is -0.737. The summed E-state index contributed by atoms with van der Waals surface area (Å²) < 4.78 is 14.5. The van der Waals surface area contributed by atoms with Gasteiger partial charge in [-0.15, -0.1) is 0 Å². The second-order valence-electron chi connectivity index (χ2n) is 6.97. The van der Waals surface area contributed by atoms with Gasteiger partial charge in [-0.2, -0.15) is 0 Å². The molecule has 30 heavy (non-hydrogen) atoms. The molecule has 0 amide bonds. The predicted octanol–water partition coefficient (Wildman–Crippen LogP) is 6.99. The zero-order chi connectivity index (χ0) is 21.0. The molecule has 0 aliphatic heterocycles. The lowest BCUT2D eigenvalue weighted by molar-refractivity contribution is 0.620. The van der Waals surface area contributed by atoms with Crippen molar-refractivity contribution in [2.75, 3.05) is 5.32 Å². The Morgan fingerprint density at radius 2 is 1.17 bits per heavy atom. The molecule has 0 spiro atoms. The Morgan fingerprint density at radius 1 is 0.733 bits per heavy atom. The Balaban J connectivity index is 2.04. The molecule has 4 aromatic rings. The highest BCUT2D eigenvalue weighted by molar-refractivity contribution is 9.10. The molecule has 148 valence electrons. The van der Waals surface area contributed by atoms with Gasteiger partial charge in [0.05, 0.1) is 4.47 Å². The van der Waals surface area contributed by atoms with E-state index in [1.54, 1.807) is 6.07 Å². The van der Waals surface area contributed by atoms with E-state index >= 15 is 0 Å². The van der Waals surface area contributed by atoms with Crippen molar-refractivity contribution < 1.29 is 4.39 Å². The molecule has 0 saturated carbocycles. The average Bonchev–Trinajstić information content (AvgIpc) is 2.81. The van der Waals surface area contributed by atoms with E-state index in [4.69, 9.17) is 5.41 Å². The van der Waals surface area contributed by atoms with Gasteiger partial charge in [0, 0.05) is 17.5 Å². The van der Waals surface area contributed by atoms with Crippen LogP contribution in [0.2, 0.25) is 0 Å². The van der Waals surface area contributed by atoms with Gasteiger partial charge in [0.2, 0.25) is 0 Å². The Kier molecular flexibility index (Phi) is 5.77. The van der Waals surface area contributed by atoms with Crippen LogP contribution in [0.15, 0.2) is 108 Å². The maximum absolute atomic E-state index is 14.2. The minimum Gasteiger partial charge on any atom is -0.367 e. The SMILES string of the molecule is N=Cc1cc(F)c(Br)cc1NC(c1ccccc1)(c1ccccc1)c1ccccc1. The molecule has 0 aliphatic carbocycles. The van der Waals surface area contributed by atoms with Crippen LogP contribution in [-0.2, 0) is 5.54 Å². The average molecular weight is 459 g/mol. The number of rotatable bonds is 6. The summed E-state index contributed by atoms with van der Waals surface area (Å²) in [5.74, 6) is -0.399. The van der Waals surface area contributed by atoms with Gasteiger partial charge >= 0.3 is 0 Å². The number of halogens is 2. The van der Waals surface area contributed by atoms with Gasteiger partial charge < -0.3 is 10.7 Å². The largest absolute Gasteiger partial charge is 0.367 e. The molecule has 4 rings (SSSR count). The van der Waals surface area contributed by atoms with Gasteiger partial charge in [-0.05, 0) is 44.8 Å². The van der Waals surface area contributed by atoms with Crippen LogP contribution in [0, 0.1) is 11.2 Å². The van der Waals surface area contributed by atoms with Gasteiger partial charge in [-0.1, -0.05) is 91.0 Å². The summed E-state index contributed by atoms with van der Waals surface area (Å²) in [6.45, 7) is 0. The van der Waals surface area contributed by atoms with E-state index in [9.17, 15) is 4.39 Å². The lowest BCUT2D eigenvalue weighted by Gasteiger charge is -2.38. The maximum Gasteiger partial charge on any atom is 0.138 e. The van der Waals surface area contributed by atoms with Crippen molar-refractivity contribution in [3.8, 4) is 0 Å². The summed E-state index contributed by atoms with van der Waals surface area (Å²) in [4.78, 5) is 0. The van der Waals surface area contributed by atoms with Gasteiger partial charge in [0.25, 0.3) is 0 Å². The molecule has 0 saturated heterocycles. The molecule has 0 bridgehead atoms. The van der Waals surface area contributed by atoms with Crippen molar-refractivity contribution in [1.82, 2.24) is 0 Å². The van der Waals surface area contributed by atoms with E-state index in [2.05, 4.69) is 57.6 Å². The lowest BCUT2D eigenvalue weighted by Crippen LogP contribution is -2.38. The van der Waals surface area contributed by atoms with Crippen LogP contribution in [0.1, 0.15) is 22.3 Å². The number of hydrogen-bond acceptors (Lipinski definition) is 2. The summed E-state index contributed by atoms with van der Waals surface area (Å²) >= 11 is 3.30. The standard InChI is InChI=1S/C26H20BrFN2/c27-23-17-25(19(18-29)16-24(23)28)30-26(20-10-4-1-5-11-20,21-12-6-2-7-13-21)22-14-8-3-9-15-22/h1-18,29-30H. The highest BCUT2D eigenvalue weighted by atomic mass is 79.9. The van der Waals surface area contributed by atoms with Gasteiger partial charge in [0.1, 0.15) is 11.4 Å². The van der Waals surface area contributed by atoms with E-state index < -0.39 is 11.4 Å². The highest BCUT2D eigenvalue weighted by Crippen LogP contribution is 2.41. The molecule has 0 radical (unpaired) electrons. The molecule has 0 aliphatic rings. The van der Waals surface area contributed by atoms with E-state index in [0.29, 0.717) is 15.7 Å². The summed E-state index contributed by atoms with van der Waals surface area (Å²) in [7, 11) is 0. The van der Waals surface area contributed by atoms with E-state index in [1.165, 1.54) is 12.3 Å². The van der Waals surface area contributed by atoms with Crippen molar-refractivity contribution in [1.29, 1.82) is 5.41 Å². The third-order valence-electron chi connectivity index (χ3n) is 5.19. The molecular formula is C26H20BrFN2. The maximum atomic E-state index is 14.2. The summed E-state index contributed by atoms with van der Waals surface area (Å²) in [6, 6.07) is 33.6. The van der Waals surface area contributed by atoms with Gasteiger partial charge in [-0.3, -0.25) is 0 Å². The molecule has 0 fully saturated rings. The smallest absolute Gasteiger partial charge is 0.138 e. The summed E-state index contributed by atoms with van der Waals surface area (Å²) in [5.41, 5.74) is 3.52. The Labute approximate surface area is 184 Å². The number of nitrogens with one attached hydrogen (secondary N) is 2. The van der Waals surface area contributed by atoms with E-state index in [1.807, 2.05) is 54.6 Å². The lowest BCUT2D eigenvalue weighted by atomic mass is 9.76. The molecule has 2 N–H and O–H groups in total. The Hall–Kier alpha value is -3.24. The zero-order valence-electron chi connectivity index (χ0n) is 16.1. The van der Waals surface area contributed by atoms with Crippen molar-refractivity contribution in [2.24, 2.45) is 0 Å². The minimum absolute atomic E-state index is 0.346. The number of hydrogen-bond donors (Lipinski definition) is 2. The zero-order valence-corrected chi connectivity index (χ0v) is 17.7. The van der Waals surface area contributed by atoms with Crippen LogP contribution >= 0.6 is 15.9 Å². The number of anilines is 1. The molecular weight excluding hydrogens is 439 g/mol. The monoisotopic (exact) mass is 458 g/mol. The van der Waals surface area contributed by atoms with E-state index in [-0.39, 0.29) is 0 Å². The first-order valence-electron chi connectivity index (χ1n) is 9.59. The Morgan fingerprint density at radius 3 is 1.57 bits per heavy atom. The van der Waals surface area contributed by atoms with Crippen molar-refractivity contribution in [2.45, 2.75) is 5.54 Å². The number of benzene rings is 4. The molecule has 4 heteroatoms. The first-order chi connectivity index (χ1) is 14.6. The van der Waals surface area contributed by atoms with Gasteiger partial charge in [0.15, 0.2) is 0 Å². The first-order valence-corrected chi connectivity index (χ1v) is 10.4. The summed E-state index contributed by atoms with van der Waals surface area (Å²) in [5, 5.41) is 11.5. The van der Waals surface area contributed by atoms with Crippen LogP contribution in [0.5, 0.6) is 0 Å². The normalized spacial score (nSPS) is 11.1. The molecule has 0 heterocycles. The van der Waals surface area contributed by atoms with Crippen LogP contribution in [-0.4, -0.2) is 6.21 Å². The molecule has 4 aromatic carbocycles. The van der Waals surface area contributed by atoms with Crippen LogP contribution in [0.3, 0.4) is 0 Å².